The Balaban J connectivity index is 2.04. The van der Waals surface area contributed by atoms with Crippen LogP contribution in [-0.4, -0.2) is 33.7 Å². The molecule has 0 bridgehead atoms. The van der Waals surface area contributed by atoms with E-state index in [0.29, 0.717) is 13.1 Å². The van der Waals surface area contributed by atoms with Gasteiger partial charge in [0.15, 0.2) is 5.76 Å². The highest BCUT2D eigenvalue weighted by Crippen LogP contribution is 2.20. The largest absolute Gasteiger partial charge is 0.481 e. The molecule has 0 unspecified atom stereocenters. The van der Waals surface area contributed by atoms with E-state index in [9.17, 15) is 4.79 Å². The van der Waals surface area contributed by atoms with Crippen molar-refractivity contribution in [1.29, 1.82) is 0 Å². The smallest absolute Gasteiger partial charge is 0.304 e. The fraction of sp³-hybridized carbons (Fsp3) is 0.375. The van der Waals surface area contributed by atoms with E-state index in [-0.39, 0.29) is 12.5 Å². The molecule has 5 heteroatoms. The van der Waals surface area contributed by atoms with Gasteiger partial charge < -0.3 is 9.63 Å². The van der Waals surface area contributed by atoms with Crippen molar-refractivity contribution >= 4 is 5.97 Å². The Morgan fingerprint density at radius 2 is 2.05 bits per heavy atom. The molecule has 0 aliphatic heterocycles. The van der Waals surface area contributed by atoms with Gasteiger partial charge in [-0.25, -0.2) is 0 Å². The molecule has 0 radical (unpaired) electrons. The lowest BCUT2D eigenvalue weighted by molar-refractivity contribution is -0.137. The molecule has 0 atom stereocenters. The van der Waals surface area contributed by atoms with Crippen LogP contribution in [-0.2, 0) is 11.3 Å². The van der Waals surface area contributed by atoms with Gasteiger partial charge >= 0.3 is 5.97 Å². The van der Waals surface area contributed by atoms with Gasteiger partial charge in [0, 0.05) is 30.8 Å². The molecule has 0 saturated carbocycles. The van der Waals surface area contributed by atoms with Crippen molar-refractivity contribution in [3.63, 3.8) is 0 Å². The fourth-order valence-electron chi connectivity index (χ4n) is 2.09. The normalized spacial score (nSPS) is 11.2. The number of rotatable bonds is 7. The van der Waals surface area contributed by atoms with E-state index < -0.39 is 5.97 Å². The molecule has 112 valence electrons. The van der Waals surface area contributed by atoms with E-state index in [0.717, 1.165) is 17.0 Å². The third-order valence-corrected chi connectivity index (χ3v) is 3.33. The van der Waals surface area contributed by atoms with Crippen molar-refractivity contribution in [3.05, 3.63) is 42.1 Å². The highest BCUT2D eigenvalue weighted by Gasteiger charge is 2.15. The molecule has 2 rings (SSSR count). The molecule has 5 nitrogen and oxygen atoms in total. The van der Waals surface area contributed by atoms with E-state index in [1.165, 1.54) is 0 Å². The van der Waals surface area contributed by atoms with Crippen LogP contribution in [0.3, 0.4) is 0 Å². The lowest BCUT2D eigenvalue weighted by Crippen LogP contribution is -2.32. The van der Waals surface area contributed by atoms with Gasteiger partial charge in [0.1, 0.15) is 0 Å². The second-order valence-corrected chi connectivity index (χ2v) is 5.26. The van der Waals surface area contributed by atoms with Gasteiger partial charge in [-0.2, -0.15) is 0 Å². The first-order valence-corrected chi connectivity index (χ1v) is 7.03. The molecule has 1 aromatic heterocycles. The summed E-state index contributed by atoms with van der Waals surface area (Å²) in [6, 6.07) is 11.9. The minimum atomic E-state index is -0.786. The van der Waals surface area contributed by atoms with Gasteiger partial charge in [-0.15, -0.1) is 0 Å². The first-order chi connectivity index (χ1) is 10.1. The summed E-state index contributed by atoms with van der Waals surface area (Å²) in [5.41, 5.74) is 1.80. The van der Waals surface area contributed by atoms with Crippen LogP contribution in [0.1, 0.15) is 26.0 Å². The average molecular weight is 288 g/mol. The molecule has 0 spiro atoms. The molecular formula is C16H20N2O3. The van der Waals surface area contributed by atoms with Crippen LogP contribution in [0.4, 0.5) is 0 Å². The number of carboxylic acids is 1. The molecular weight excluding hydrogens is 268 g/mol. The number of hydrogen-bond donors (Lipinski definition) is 1. The summed E-state index contributed by atoms with van der Waals surface area (Å²) in [5.74, 6) is -0.0571. The SMILES string of the molecule is CC(C)N(CCC(=O)O)Cc1cc(-c2ccccc2)on1. The lowest BCUT2D eigenvalue weighted by Gasteiger charge is -2.24. The number of hydrogen-bond acceptors (Lipinski definition) is 4. The summed E-state index contributed by atoms with van der Waals surface area (Å²) in [5, 5.41) is 12.9. The van der Waals surface area contributed by atoms with Gasteiger partial charge in [-0.1, -0.05) is 35.5 Å². The molecule has 1 aromatic carbocycles. The van der Waals surface area contributed by atoms with Crippen LogP contribution >= 0.6 is 0 Å². The molecule has 2 aromatic rings. The Morgan fingerprint density at radius 1 is 1.33 bits per heavy atom. The number of nitrogens with zero attached hydrogens (tertiary/aromatic N) is 2. The maximum absolute atomic E-state index is 10.7. The molecule has 0 fully saturated rings. The van der Waals surface area contributed by atoms with Crippen molar-refractivity contribution in [2.75, 3.05) is 6.54 Å². The van der Waals surface area contributed by atoms with E-state index in [4.69, 9.17) is 9.63 Å². The van der Waals surface area contributed by atoms with Crippen LogP contribution in [0.5, 0.6) is 0 Å². The summed E-state index contributed by atoms with van der Waals surface area (Å²) in [6.45, 7) is 5.17. The first kappa shape index (κ1) is 15.3. The number of benzene rings is 1. The Hall–Kier alpha value is -2.14. The Labute approximate surface area is 124 Å². The molecule has 0 amide bonds. The van der Waals surface area contributed by atoms with Crippen molar-refractivity contribution in [2.45, 2.75) is 32.9 Å². The third-order valence-electron chi connectivity index (χ3n) is 3.33. The fourth-order valence-corrected chi connectivity index (χ4v) is 2.09. The summed E-state index contributed by atoms with van der Waals surface area (Å²) in [4.78, 5) is 12.8. The van der Waals surface area contributed by atoms with Crippen LogP contribution < -0.4 is 0 Å². The van der Waals surface area contributed by atoms with Crippen LogP contribution in [0.15, 0.2) is 40.9 Å². The molecule has 21 heavy (non-hydrogen) atoms. The van der Waals surface area contributed by atoms with E-state index in [1.54, 1.807) is 0 Å². The summed E-state index contributed by atoms with van der Waals surface area (Å²) < 4.78 is 5.36. The van der Waals surface area contributed by atoms with Gasteiger partial charge in [-0.3, -0.25) is 9.69 Å². The number of carbonyl (C=O) groups is 1. The maximum Gasteiger partial charge on any atom is 0.304 e. The lowest BCUT2D eigenvalue weighted by atomic mass is 10.1. The molecule has 1 heterocycles. The topological polar surface area (TPSA) is 66.6 Å². The van der Waals surface area contributed by atoms with Crippen LogP contribution in [0.25, 0.3) is 11.3 Å². The zero-order valence-corrected chi connectivity index (χ0v) is 12.3. The summed E-state index contributed by atoms with van der Waals surface area (Å²) in [6.07, 6.45) is 0.127. The Bertz CT molecular complexity index is 578. The number of carboxylic acid groups (broad SMARTS) is 1. The van der Waals surface area contributed by atoms with Crippen LogP contribution in [0, 0.1) is 0 Å². The van der Waals surface area contributed by atoms with E-state index in [2.05, 4.69) is 10.1 Å². The average Bonchev–Trinajstić information content (AvgIpc) is 2.92. The highest BCUT2D eigenvalue weighted by molar-refractivity contribution is 5.66. The van der Waals surface area contributed by atoms with Gasteiger partial charge in [0.25, 0.3) is 0 Å². The second-order valence-electron chi connectivity index (χ2n) is 5.26. The zero-order chi connectivity index (χ0) is 15.2. The maximum atomic E-state index is 10.7. The third kappa shape index (κ3) is 4.43. The van der Waals surface area contributed by atoms with Crippen molar-refractivity contribution in [1.82, 2.24) is 10.1 Å². The zero-order valence-electron chi connectivity index (χ0n) is 12.3. The summed E-state index contributed by atoms with van der Waals surface area (Å²) >= 11 is 0. The predicted octanol–water partition coefficient (Wildman–Crippen LogP) is 3.03. The Kier molecular flexibility index (Phi) is 5.11. The van der Waals surface area contributed by atoms with E-state index >= 15 is 0 Å². The Morgan fingerprint density at radius 3 is 2.67 bits per heavy atom. The number of aliphatic carboxylic acids is 1. The number of aromatic nitrogens is 1. The van der Waals surface area contributed by atoms with Crippen molar-refractivity contribution < 1.29 is 14.4 Å². The van der Waals surface area contributed by atoms with Crippen molar-refractivity contribution in [2.24, 2.45) is 0 Å². The highest BCUT2D eigenvalue weighted by atomic mass is 16.5. The first-order valence-electron chi connectivity index (χ1n) is 7.03. The standard InChI is InChI=1S/C16H20N2O3/c1-12(2)18(9-8-16(19)20)11-14-10-15(21-17-14)13-6-4-3-5-7-13/h3-7,10,12H,8-9,11H2,1-2H3,(H,19,20). The molecule has 0 saturated heterocycles. The molecule has 0 aliphatic carbocycles. The monoisotopic (exact) mass is 288 g/mol. The van der Waals surface area contributed by atoms with Gasteiger partial charge in [-0.05, 0) is 13.8 Å². The second kappa shape index (κ2) is 7.04. The quantitative estimate of drug-likeness (QED) is 0.848. The summed E-state index contributed by atoms with van der Waals surface area (Å²) in [7, 11) is 0. The molecule has 1 N–H and O–H groups in total. The van der Waals surface area contributed by atoms with Crippen LogP contribution in [0.2, 0.25) is 0 Å². The molecule has 0 aliphatic rings. The van der Waals surface area contributed by atoms with Crippen molar-refractivity contribution in [3.8, 4) is 11.3 Å². The minimum absolute atomic E-state index is 0.127. The predicted molar refractivity (Wildman–Crippen MR) is 79.7 cm³/mol. The van der Waals surface area contributed by atoms with Gasteiger partial charge in [0.05, 0.1) is 12.1 Å². The van der Waals surface area contributed by atoms with Gasteiger partial charge in [0.2, 0.25) is 0 Å². The minimum Gasteiger partial charge on any atom is -0.481 e. The van der Waals surface area contributed by atoms with E-state index in [1.807, 2.05) is 50.2 Å².